The molecule has 0 aliphatic carbocycles. The van der Waals surface area contributed by atoms with Gasteiger partial charge in [0.1, 0.15) is 6.20 Å². The minimum Gasteiger partial charge on any atom is -0.364 e. The Labute approximate surface area is 108 Å². The molecule has 6 heteroatoms. The van der Waals surface area contributed by atoms with Crippen molar-refractivity contribution in [1.82, 2.24) is 20.2 Å². The van der Waals surface area contributed by atoms with Crippen molar-refractivity contribution in [2.24, 2.45) is 5.73 Å². The standard InChI is InChI=1S/C13H10N5O/c1-7-2-3-8(5-15-7)10-4-9-6-16-18-11(9)12(17-10)13(14)19/h2-5H,1H3,(H2,14,19)(H,16,18). The summed E-state index contributed by atoms with van der Waals surface area (Å²) in [5.74, 6) is -0.607. The number of hydrogen-bond acceptors (Lipinski definition) is 4. The van der Waals surface area contributed by atoms with Crippen LogP contribution >= 0.6 is 0 Å². The molecule has 6 nitrogen and oxygen atoms in total. The van der Waals surface area contributed by atoms with E-state index in [1.165, 1.54) is 0 Å². The molecular weight excluding hydrogens is 242 g/mol. The molecule has 3 heterocycles. The van der Waals surface area contributed by atoms with Gasteiger partial charge in [-0.1, -0.05) is 0 Å². The third kappa shape index (κ3) is 1.93. The van der Waals surface area contributed by atoms with Gasteiger partial charge >= 0.3 is 0 Å². The predicted molar refractivity (Wildman–Crippen MR) is 69.2 cm³/mol. The number of rotatable bonds is 2. The first-order valence-corrected chi connectivity index (χ1v) is 5.65. The van der Waals surface area contributed by atoms with E-state index < -0.39 is 5.91 Å². The van der Waals surface area contributed by atoms with Crippen LogP contribution < -0.4 is 5.73 Å². The Hall–Kier alpha value is -2.76. The summed E-state index contributed by atoms with van der Waals surface area (Å²) in [4.78, 5) is 19.9. The third-order valence-corrected chi connectivity index (χ3v) is 2.80. The molecule has 0 aromatic carbocycles. The summed E-state index contributed by atoms with van der Waals surface area (Å²) >= 11 is 0. The zero-order valence-electron chi connectivity index (χ0n) is 10.1. The van der Waals surface area contributed by atoms with E-state index in [-0.39, 0.29) is 5.69 Å². The number of aryl methyl sites for hydroxylation is 1. The van der Waals surface area contributed by atoms with E-state index in [2.05, 4.69) is 26.4 Å². The summed E-state index contributed by atoms with van der Waals surface area (Å²) in [6, 6.07) is 5.56. The van der Waals surface area contributed by atoms with Gasteiger partial charge in [0, 0.05) is 22.8 Å². The Balaban J connectivity index is 2.24. The summed E-state index contributed by atoms with van der Waals surface area (Å²) in [6.07, 6.45) is 4.47. The number of carbonyl (C=O) groups excluding carboxylic acids is 1. The van der Waals surface area contributed by atoms with Crippen molar-refractivity contribution in [1.29, 1.82) is 0 Å². The van der Waals surface area contributed by atoms with Gasteiger partial charge in [-0.05, 0) is 25.1 Å². The van der Waals surface area contributed by atoms with Crippen LogP contribution in [0.15, 0.2) is 24.4 Å². The van der Waals surface area contributed by atoms with E-state index in [1.807, 2.05) is 19.1 Å². The summed E-state index contributed by atoms with van der Waals surface area (Å²) in [7, 11) is 0. The van der Waals surface area contributed by atoms with Gasteiger partial charge < -0.3 is 5.73 Å². The Bertz CT molecular complexity index is 760. The van der Waals surface area contributed by atoms with Crippen LogP contribution in [0, 0.1) is 13.1 Å². The molecule has 3 aromatic heterocycles. The smallest absolute Gasteiger partial charge is 0.269 e. The number of fused-ring (bicyclic) bond motifs is 1. The quantitative estimate of drug-likeness (QED) is 0.716. The number of nitrogens with zero attached hydrogens (tertiary/aromatic N) is 3. The SMILES string of the molecule is Cc1ccc(-c2cc3[c]n[nH]c3c(C(N)=O)n2)cn1. The molecule has 0 bridgehead atoms. The zero-order chi connectivity index (χ0) is 13.4. The molecule has 93 valence electrons. The molecule has 3 aromatic rings. The number of nitrogens with two attached hydrogens (primary N) is 1. The first-order chi connectivity index (χ1) is 9.15. The van der Waals surface area contributed by atoms with Crippen LogP contribution in [-0.4, -0.2) is 26.1 Å². The number of nitrogens with one attached hydrogen (secondary N) is 1. The van der Waals surface area contributed by atoms with Crippen LogP contribution in [0.5, 0.6) is 0 Å². The normalized spacial score (nSPS) is 10.8. The summed E-state index contributed by atoms with van der Waals surface area (Å²) in [5.41, 5.74) is 8.32. The molecule has 0 saturated heterocycles. The van der Waals surface area contributed by atoms with E-state index in [4.69, 9.17) is 5.73 Å². The highest BCUT2D eigenvalue weighted by molar-refractivity contribution is 6.03. The predicted octanol–water partition coefficient (Wildman–Crippen LogP) is 1.23. The minimum absolute atomic E-state index is 0.154. The monoisotopic (exact) mass is 252 g/mol. The van der Waals surface area contributed by atoms with Gasteiger partial charge in [0.15, 0.2) is 5.69 Å². The molecule has 0 fully saturated rings. The van der Waals surface area contributed by atoms with Gasteiger partial charge in [0.05, 0.1) is 11.2 Å². The highest BCUT2D eigenvalue weighted by Crippen LogP contribution is 2.22. The number of H-pyrrole nitrogens is 1. The fraction of sp³-hybridized carbons (Fsp3) is 0.0769. The molecule has 1 amide bonds. The van der Waals surface area contributed by atoms with Crippen LogP contribution in [0.4, 0.5) is 0 Å². The van der Waals surface area contributed by atoms with Crippen molar-refractivity contribution in [3.8, 4) is 11.3 Å². The number of aromatic nitrogens is 4. The number of amides is 1. The van der Waals surface area contributed by atoms with Crippen LogP contribution in [0.3, 0.4) is 0 Å². The lowest BCUT2D eigenvalue weighted by Gasteiger charge is -2.04. The van der Waals surface area contributed by atoms with E-state index in [9.17, 15) is 4.79 Å². The van der Waals surface area contributed by atoms with E-state index in [0.717, 1.165) is 11.3 Å². The molecule has 0 spiro atoms. The fourth-order valence-corrected chi connectivity index (χ4v) is 1.84. The topological polar surface area (TPSA) is 97.6 Å². The minimum atomic E-state index is -0.607. The molecule has 1 radical (unpaired) electrons. The van der Waals surface area contributed by atoms with Crippen LogP contribution in [0.25, 0.3) is 22.2 Å². The second-order valence-electron chi connectivity index (χ2n) is 4.17. The van der Waals surface area contributed by atoms with Crippen molar-refractivity contribution < 1.29 is 4.79 Å². The first-order valence-electron chi connectivity index (χ1n) is 5.65. The van der Waals surface area contributed by atoms with Crippen molar-refractivity contribution in [3.63, 3.8) is 0 Å². The summed E-state index contributed by atoms with van der Waals surface area (Å²) in [6.45, 7) is 1.90. The van der Waals surface area contributed by atoms with E-state index in [1.54, 1.807) is 12.3 Å². The fourth-order valence-electron chi connectivity index (χ4n) is 1.84. The third-order valence-electron chi connectivity index (χ3n) is 2.80. The van der Waals surface area contributed by atoms with Crippen molar-refractivity contribution in [3.05, 3.63) is 42.0 Å². The number of aromatic amines is 1. The molecule has 3 N–H and O–H groups in total. The highest BCUT2D eigenvalue weighted by Gasteiger charge is 2.13. The highest BCUT2D eigenvalue weighted by atomic mass is 16.1. The number of hydrogen-bond donors (Lipinski definition) is 2. The maximum Gasteiger partial charge on any atom is 0.269 e. The lowest BCUT2D eigenvalue weighted by Crippen LogP contribution is -2.14. The second kappa shape index (κ2) is 4.16. The van der Waals surface area contributed by atoms with Crippen LogP contribution in [-0.2, 0) is 0 Å². The van der Waals surface area contributed by atoms with Crippen LogP contribution in [0.2, 0.25) is 0 Å². The maximum absolute atomic E-state index is 11.4. The Morgan fingerprint density at radius 1 is 1.42 bits per heavy atom. The summed E-state index contributed by atoms with van der Waals surface area (Å²) < 4.78 is 0. The average molecular weight is 252 g/mol. The maximum atomic E-state index is 11.4. The Kier molecular flexibility index (Phi) is 2.49. The number of carbonyl (C=O) groups is 1. The van der Waals surface area contributed by atoms with E-state index in [0.29, 0.717) is 16.6 Å². The first kappa shape index (κ1) is 11.3. The average Bonchev–Trinajstić information content (AvgIpc) is 2.86. The van der Waals surface area contributed by atoms with Gasteiger partial charge in [-0.2, -0.15) is 5.10 Å². The molecule has 0 unspecified atom stereocenters. The molecule has 19 heavy (non-hydrogen) atoms. The van der Waals surface area contributed by atoms with E-state index >= 15 is 0 Å². The molecule has 0 aliphatic rings. The van der Waals surface area contributed by atoms with Crippen molar-refractivity contribution in [2.45, 2.75) is 6.92 Å². The van der Waals surface area contributed by atoms with Gasteiger partial charge in [0.25, 0.3) is 5.91 Å². The molecule has 0 aliphatic heterocycles. The van der Waals surface area contributed by atoms with Gasteiger partial charge in [-0.3, -0.25) is 14.9 Å². The van der Waals surface area contributed by atoms with Crippen LogP contribution in [0.1, 0.15) is 16.2 Å². The largest absolute Gasteiger partial charge is 0.364 e. The molecular formula is C13H10N5O. The lowest BCUT2D eigenvalue weighted by atomic mass is 10.1. The van der Waals surface area contributed by atoms with Gasteiger partial charge in [-0.25, -0.2) is 4.98 Å². The van der Waals surface area contributed by atoms with Crippen molar-refractivity contribution in [2.75, 3.05) is 0 Å². The number of pyridine rings is 2. The molecule has 0 atom stereocenters. The zero-order valence-corrected chi connectivity index (χ0v) is 10.1. The Morgan fingerprint density at radius 2 is 2.26 bits per heavy atom. The van der Waals surface area contributed by atoms with Gasteiger partial charge in [0.2, 0.25) is 0 Å². The van der Waals surface area contributed by atoms with Gasteiger partial charge in [-0.15, -0.1) is 0 Å². The molecule has 0 saturated carbocycles. The summed E-state index contributed by atoms with van der Waals surface area (Å²) in [5, 5.41) is 7.12. The second-order valence-corrected chi connectivity index (χ2v) is 4.17. The number of primary amides is 1. The lowest BCUT2D eigenvalue weighted by molar-refractivity contribution is 0.0997. The molecule has 3 rings (SSSR count). The van der Waals surface area contributed by atoms with Crippen molar-refractivity contribution >= 4 is 16.8 Å². The Morgan fingerprint density at radius 3 is 2.95 bits per heavy atom.